The van der Waals surface area contributed by atoms with Gasteiger partial charge in [-0.05, 0) is 63.4 Å². The van der Waals surface area contributed by atoms with Crippen molar-refractivity contribution in [1.29, 1.82) is 0 Å². The van der Waals surface area contributed by atoms with Crippen molar-refractivity contribution in [3.8, 4) is 0 Å². The van der Waals surface area contributed by atoms with Crippen LogP contribution < -0.4 is 5.32 Å². The fraction of sp³-hybridized carbons (Fsp3) is 0.643. The van der Waals surface area contributed by atoms with E-state index in [2.05, 4.69) is 26.1 Å². The van der Waals surface area contributed by atoms with Crippen molar-refractivity contribution in [2.45, 2.75) is 91.3 Å². The number of nitrogens with zero attached hydrogens (tertiary/aromatic N) is 2. The number of amides is 4. The van der Waals surface area contributed by atoms with E-state index in [4.69, 9.17) is 4.74 Å². The number of esters is 1. The molecule has 36 heavy (non-hydrogen) atoms. The maximum atomic E-state index is 13.2. The molecule has 8 nitrogen and oxygen atoms in total. The Hall–Kier alpha value is -2.90. The van der Waals surface area contributed by atoms with Crippen molar-refractivity contribution in [3.63, 3.8) is 0 Å². The van der Waals surface area contributed by atoms with Crippen LogP contribution >= 0.6 is 0 Å². The van der Waals surface area contributed by atoms with Crippen molar-refractivity contribution < 1.29 is 23.9 Å². The molecule has 1 saturated carbocycles. The molecular weight excluding hydrogens is 458 g/mol. The third kappa shape index (κ3) is 6.08. The van der Waals surface area contributed by atoms with E-state index < -0.39 is 36.2 Å². The largest absolute Gasteiger partial charge is 0.454 e. The highest BCUT2D eigenvalue weighted by molar-refractivity contribution is 6.08. The van der Waals surface area contributed by atoms with Gasteiger partial charge in [-0.1, -0.05) is 57.5 Å². The molecule has 0 bridgehead atoms. The lowest BCUT2D eigenvalue weighted by Crippen LogP contribution is -2.51. The highest BCUT2D eigenvalue weighted by atomic mass is 16.5. The standard InChI is InChI=1S/C28H41N3O5/c1-7-27(5,6)21-13-15-28(16-14-21)24(34)30(25(35)29-28)18-23(33)36-19-22(32)31(26(2,3)4)17-20-11-9-8-10-12-20/h8-12,21H,7,13-19H2,1-6H3,(H,29,35). The second-order valence-electron chi connectivity index (χ2n) is 11.8. The van der Waals surface area contributed by atoms with Crippen LogP contribution in [0, 0.1) is 11.3 Å². The van der Waals surface area contributed by atoms with Crippen LogP contribution in [0.3, 0.4) is 0 Å². The molecule has 8 heteroatoms. The van der Waals surface area contributed by atoms with Gasteiger partial charge in [0.2, 0.25) is 0 Å². The molecule has 0 atom stereocenters. The molecule has 0 radical (unpaired) electrons. The maximum Gasteiger partial charge on any atom is 0.326 e. The Balaban J connectivity index is 1.56. The van der Waals surface area contributed by atoms with E-state index >= 15 is 0 Å². The van der Waals surface area contributed by atoms with Gasteiger partial charge in [0, 0.05) is 12.1 Å². The molecule has 1 spiro atoms. The molecule has 1 saturated heterocycles. The summed E-state index contributed by atoms with van der Waals surface area (Å²) in [5.74, 6) is -1.00. The first-order chi connectivity index (χ1) is 16.8. The zero-order chi connectivity index (χ0) is 26.7. The van der Waals surface area contributed by atoms with Crippen LogP contribution in [0.1, 0.15) is 79.2 Å². The summed E-state index contributed by atoms with van der Waals surface area (Å²) >= 11 is 0. The third-order valence-electron chi connectivity index (χ3n) is 8.04. The fourth-order valence-corrected chi connectivity index (χ4v) is 5.20. The average molecular weight is 500 g/mol. The van der Waals surface area contributed by atoms with Gasteiger partial charge in [0.15, 0.2) is 6.61 Å². The summed E-state index contributed by atoms with van der Waals surface area (Å²) in [6, 6.07) is 9.01. The van der Waals surface area contributed by atoms with Crippen LogP contribution in [-0.2, 0) is 25.7 Å². The average Bonchev–Trinajstić information content (AvgIpc) is 3.05. The predicted octanol–water partition coefficient (Wildman–Crippen LogP) is 4.27. The fourth-order valence-electron chi connectivity index (χ4n) is 5.20. The first-order valence-corrected chi connectivity index (χ1v) is 12.9. The number of nitrogens with one attached hydrogen (secondary N) is 1. The molecule has 3 rings (SSSR count). The highest BCUT2D eigenvalue weighted by Gasteiger charge is 2.54. The quantitative estimate of drug-likeness (QED) is 0.426. The number of imide groups is 1. The molecule has 1 aliphatic heterocycles. The van der Waals surface area contributed by atoms with E-state index in [9.17, 15) is 19.2 Å². The molecule has 1 N–H and O–H groups in total. The van der Waals surface area contributed by atoms with Gasteiger partial charge in [-0.25, -0.2) is 4.79 Å². The summed E-state index contributed by atoms with van der Waals surface area (Å²) in [4.78, 5) is 53.9. The normalized spacial score (nSPS) is 22.5. The minimum absolute atomic E-state index is 0.185. The number of urea groups is 1. The van der Waals surface area contributed by atoms with Gasteiger partial charge in [0.1, 0.15) is 12.1 Å². The van der Waals surface area contributed by atoms with Crippen molar-refractivity contribution in [1.82, 2.24) is 15.1 Å². The van der Waals surface area contributed by atoms with Crippen LogP contribution in [0.25, 0.3) is 0 Å². The van der Waals surface area contributed by atoms with Crippen LogP contribution in [0.15, 0.2) is 30.3 Å². The van der Waals surface area contributed by atoms with Gasteiger partial charge in [0.05, 0.1) is 0 Å². The maximum absolute atomic E-state index is 13.2. The van der Waals surface area contributed by atoms with Crippen molar-refractivity contribution in [2.24, 2.45) is 11.3 Å². The summed E-state index contributed by atoms with van der Waals surface area (Å²) in [7, 11) is 0. The highest BCUT2D eigenvalue weighted by Crippen LogP contribution is 2.45. The van der Waals surface area contributed by atoms with Crippen LogP contribution in [0.2, 0.25) is 0 Å². The molecule has 2 fully saturated rings. The number of benzene rings is 1. The number of carbonyl (C=O) groups is 4. The van der Waals surface area contributed by atoms with E-state index in [1.165, 1.54) is 0 Å². The summed E-state index contributed by atoms with van der Waals surface area (Å²) in [5.41, 5.74) is -0.271. The molecule has 0 aromatic heterocycles. The van der Waals surface area contributed by atoms with Crippen LogP contribution in [0.5, 0.6) is 0 Å². The third-order valence-corrected chi connectivity index (χ3v) is 8.04. The molecule has 0 unspecified atom stereocenters. The molecule has 1 aromatic rings. The Bertz CT molecular complexity index is 975. The first-order valence-electron chi connectivity index (χ1n) is 12.9. The molecule has 1 aliphatic carbocycles. The zero-order valence-corrected chi connectivity index (χ0v) is 22.6. The van der Waals surface area contributed by atoms with Gasteiger partial charge in [-0.2, -0.15) is 0 Å². The first kappa shape index (κ1) is 27.7. The summed E-state index contributed by atoms with van der Waals surface area (Å²) < 4.78 is 5.22. The monoisotopic (exact) mass is 499 g/mol. The van der Waals surface area contributed by atoms with E-state index in [1.807, 2.05) is 51.1 Å². The second-order valence-corrected chi connectivity index (χ2v) is 11.8. The minimum atomic E-state index is -0.938. The number of hydrogen-bond acceptors (Lipinski definition) is 5. The second kappa shape index (κ2) is 10.6. The van der Waals surface area contributed by atoms with Gasteiger partial charge in [0.25, 0.3) is 11.8 Å². The molecular formula is C28H41N3O5. The number of carbonyl (C=O) groups excluding carboxylic acids is 4. The van der Waals surface area contributed by atoms with Crippen LogP contribution in [-0.4, -0.2) is 57.8 Å². The summed E-state index contributed by atoms with van der Waals surface area (Å²) in [6.45, 7) is 11.8. The SMILES string of the molecule is CCC(C)(C)C1CCC2(CC1)NC(=O)N(CC(=O)OCC(=O)N(Cc1ccccc1)C(C)(C)C)C2=O. The Morgan fingerprint density at radius 1 is 1.08 bits per heavy atom. The summed E-state index contributed by atoms with van der Waals surface area (Å²) in [5, 5.41) is 2.85. The number of hydrogen-bond donors (Lipinski definition) is 1. The Morgan fingerprint density at radius 3 is 2.25 bits per heavy atom. The van der Waals surface area contributed by atoms with Crippen LogP contribution in [0.4, 0.5) is 4.79 Å². The number of rotatable bonds is 8. The lowest BCUT2D eigenvalue weighted by atomic mass is 9.65. The zero-order valence-electron chi connectivity index (χ0n) is 22.6. The van der Waals surface area contributed by atoms with Gasteiger partial charge < -0.3 is 15.0 Å². The van der Waals surface area contributed by atoms with Gasteiger partial charge in [-0.15, -0.1) is 0 Å². The predicted molar refractivity (Wildman–Crippen MR) is 137 cm³/mol. The molecule has 1 aromatic carbocycles. The molecule has 4 amide bonds. The van der Waals surface area contributed by atoms with Gasteiger partial charge in [-0.3, -0.25) is 19.3 Å². The van der Waals surface area contributed by atoms with E-state index in [1.54, 1.807) is 4.90 Å². The van der Waals surface area contributed by atoms with Crippen molar-refractivity contribution in [2.75, 3.05) is 13.2 Å². The Labute approximate surface area is 214 Å². The smallest absolute Gasteiger partial charge is 0.326 e. The topological polar surface area (TPSA) is 96.0 Å². The number of ether oxygens (including phenoxy) is 1. The minimum Gasteiger partial charge on any atom is -0.454 e. The lowest BCUT2D eigenvalue weighted by molar-refractivity contribution is -0.156. The van der Waals surface area contributed by atoms with E-state index in [0.717, 1.165) is 29.7 Å². The van der Waals surface area contributed by atoms with Gasteiger partial charge >= 0.3 is 12.0 Å². The Morgan fingerprint density at radius 2 is 1.69 bits per heavy atom. The Kier molecular flexibility index (Phi) is 8.16. The summed E-state index contributed by atoms with van der Waals surface area (Å²) in [6.07, 6.45) is 3.89. The molecule has 2 aliphatic rings. The van der Waals surface area contributed by atoms with Crippen molar-refractivity contribution >= 4 is 23.8 Å². The molecule has 198 valence electrons. The lowest BCUT2D eigenvalue weighted by Gasteiger charge is -2.42. The van der Waals surface area contributed by atoms with E-state index in [0.29, 0.717) is 25.3 Å². The van der Waals surface area contributed by atoms with Crippen molar-refractivity contribution in [3.05, 3.63) is 35.9 Å². The molecule has 1 heterocycles. The van der Waals surface area contributed by atoms with E-state index in [-0.39, 0.29) is 17.2 Å².